The Bertz CT molecular complexity index is 1800. The molecule has 0 saturated carbocycles. The molecule has 0 aliphatic heterocycles. The Hall–Kier alpha value is -3.29. The first-order valence-corrected chi connectivity index (χ1v) is 15.4. The van der Waals surface area contributed by atoms with Crippen molar-refractivity contribution < 1.29 is 36.4 Å². The molecule has 10 nitrogen and oxygen atoms in total. The minimum atomic E-state index is -3.46. The number of halogens is 2. The molecule has 0 saturated heterocycles. The lowest BCUT2D eigenvalue weighted by Crippen LogP contribution is -2.09. The van der Waals surface area contributed by atoms with E-state index in [-0.39, 0.29) is 57.9 Å². The molecular formula is C27H26Br2N2O8S. The van der Waals surface area contributed by atoms with Crippen LogP contribution in [0.3, 0.4) is 0 Å². The molecular weight excluding hydrogens is 672 g/mol. The van der Waals surface area contributed by atoms with Crippen LogP contribution >= 0.6 is 31.9 Å². The van der Waals surface area contributed by atoms with Gasteiger partial charge in [-0.15, -0.1) is 0 Å². The van der Waals surface area contributed by atoms with Crippen molar-refractivity contribution in [2.75, 3.05) is 16.7 Å². The maximum Gasteiger partial charge on any atom is 0.229 e. The summed E-state index contributed by atoms with van der Waals surface area (Å²) < 4.78 is 37.1. The molecule has 13 heteroatoms. The lowest BCUT2D eigenvalue weighted by molar-refractivity contribution is 0.0952. The number of nitrogens with two attached hydrogens (primary N) is 1. The number of carbonyl (C=O) groups excluding carboxylic acids is 4. The normalized spacial score (nSPS) is 11.3. The van der Waals surface area contributed by atoms with Gasteiger partial charge in [0.1, 0.15) is 11.2 Å². The number of sulfonamides is 1. The van der Waals surface area contributed by atoms with Crippen molar-refractivity contribution in [3.05, 3.63) is 55.9 Å². The molecule has 0 unspecified atom stereocenters. The van der Waals surface area contributed by atoms with Crippen LogP contribution in [-0.4, -0.2) is 37.8 Å². The van der Waals surface area contributed by atoms with Crippen LogP contribution < -0.4 is 10.5 Å². The zero-order valence-electron chi connectivity index (χ0n) is 22.2. The van der Waals surface area contributed by atoms with Crippen molar-refractivity contribution in [1.82, 2.24) is 0 Å². The minimum absolute atomic E-state index is 0.00902. The van der Waals surface area contributed by atoms with E-state index >= 15 is 0 Å². The third kappa shape index (κ3) is 6.53. The molecule has 2 aromatic heterocycles. The van der Waals surface area contributed by atoms with E-state index < -0.39 is 10.0 Å². The first-order chi connectivity index (χ1) is 18.6. The molecule has 4 rings (SSSR count). The van der Waals surface area contributed by atoms with Crippen LogP contribution in [0.25, 0.3) is 21.9 Å². The van der Waals surface area contributed by atoms with Crippen molar-refractivity contribution >= 4 is 98.3 Å². The second kappa shape index (κ2) is 12.1. The van der Waals surface area contributed by atoms with Crippen LogP contribution in [0, 0.1) is 0 Å². The monoisotopic (exact) mass is 696 g/mol. The lowest BCUT2D eigenvalue weighted by atomic mass is 10.0. The van der Waals surface area contributed by atoms with Gasteiger partial charge in [0.05, 0.1) is 23.1 Å². The van der Waals surface area contributed by atoms with Crippen molar-refractivity contribution in [3.8, 4) is 0 Å². The summed E-state index contributed by atoms with van der Waals surface area (Å²) >= 11 is 6.56. The van der Waals surface area contributed by atoms with E-state index in [2.05, 4.69) is 36.6 Å². The summed E-state index contributed by atoms with van der Waals surface area (Å²) in [5, 5.41) is 1.09. The van der Waals surface area contributed by atoms with Gasteiger partial charge in [-0.05, 0) is 44.0 Å². The Kier molecular flexibility index (Phi) is 9.42. The summed E-state index contributed by atoms with van der Waals surface area (Å²) in [6.07, 6.45) is 1.57. The van der Waals surface area contributed by atoms with Gasteiger partial charge in [0.25, 0.3) is 0 Å². The van der Waals surface area contributed by atoms with Gasteiger partial charge in [-0.2, -0.15) is 0 Å². The molecule has 0 bridgehead atoms. The van der Waals surface area contributed by atoms with E-state index in [4.69, 9.17) is 14.6 Å². The fourth-order valence-electron chi connectivity index (χ4n) is 3.93. The summed E-state index contributed by atoms with van der Waals surface area (Å²) in [6, 6.07) is 6.34. The molecule has 0 amide bonds. The number of Topliss-reactive ketones (excluding diaryl/α,β-unsaturated/α-hetero) is 4. The van der Waals surface area contributed by atoms with Crippen LogP contribution in [0.5, 0.6) is 0 Å². The highest BCUT2D eigenvalue weighted by Gasteiger charge is 2.25. The molecule has 0 radical (unpaired) electrons. The fourth-order valence-corrected chi connectivity index (χ4v) is 5.42. The third-order valence-electron chi connectivity index (χ3n) is 5.72. The van der Waals surface area contributed by atoms with Gasteiger partial charge in [-0.25, -0.2) is 8.42 Å². The molecule has 0 atom stereocenters. The second-order valence-corrected chi connectivity index (χ2v) is 12.3. The number of hydrogen-bond acceptors (Lipinski definition) is 9. The highest BCUT2D eigenvalue weighted by atomic mass is 79.9. The highest BCUT2D eigenvalue weighted by molar-refractivity contribution is 9.11. The maximum atomic E-state index is 12.1. The summed E-state index contributed by atoms with van der Waals surface area (Å²) in [5.74, 6) is -0.852. The van der Waals surface area contributed by atoms with Gasteiger partial charge in [0, 0.05) is 64.2 Å². The van der Waals surface area contributed by atoms with Gasteiger partial charge in [-0.3, -0.25) is 23.9 Å². The van der Waals surface area contributed by atoms with Crippen molar-refractivity contribution in [2.24, 2.45) is 0 Å². The molecule has 3 N–H and O–H groups in total. The van der Waals surface area contributed by atoms with Crippen LogP contribution in [-0.2, 0) is 10.0 Å². The van der Waals surface area contributed by atoms with Gasteiger partial charge < -0.3 is 14.6 Å². The maximum absolute atomic E-state index is 12.1. The number of benzene rings is 2. The van der Waals surface area contributed by atoms with E-state index in [0.29, 0.717) is 43.0 Å². The van der Waals surface area contributed by atoms with Crippen LogP contribution in [0.15, 0.2) is 42.0 Å². The zero-order valence-corrected chi connectivity index (χ0v) is 26.2. The summed E-state index contributed by atoms with van der Waals surface area (Å²) in [5.41, 5.74) is 7.84. The number of nitrogen functional groups attached to an aromatic ring is 1. The van der Waals surface area contributed by atoms with Gasteiger partial charge in [0.15, 0.2) is 34.7 Å². The highest BCUT2D eigenvalue weighted by Crippen LogP contribution is 2.35. The number of hydrogen-bond donors (Lipinski definition) is 2. The Labute approximate surface area is 246 Å². The summed E-state index contributed by atoms with van der Waals surface area (Å²) in [7, 11) is -3.46. The Morgan fingerprint density at radius 3 is 1.62 bits per heavy atom. The molecule has 0 fully saturated rings. The van der Waals surface area contributed by atoms with Gasteiger partial charge in [0.2, 0.25) is 10.0 Å². The third-order valence-corrected chi connectivity index (χ3v) is 7.65. The van der Waals surface area contributed by atoms with E-state index in [1.807, 2.05) is 0 Å². The minimum Gasteiger partial charge on any atom is -0.452 e. The molecule has 212 valence electrons. The molecule has 0 aliphatic carbocycles. The van der Waals surface area contributed by atoms with Crippen molar-refractivity contribution in [2.45, 2.75) is 40.5 Å². The average Bonchev–Trinajstić information content (AvgIpc) is 3.41. The number of furan rings is 2. The molecule has 0 aliphatic rings. The first-order valence-electron chi connectivity index (χ1n) is 11.9. The molecule has 2 aromatic carbocycles. The van der Waals surface area contributed by atoms with Crippen LogP contribution in [0.4, 0.5) is 11.4 Å². The Morgan fingerprint density at radius 2 is 1.23 bits per heavy atom. The predicted molar refractivity (Wildman–Crippen MR) is 160 cm³/mol. The molecule has 2 heterocycles. The average molecular weight is 698 g/mol. The van der Waals surface area contributed by atoms with Gasteiger partial charge in [-0.1, -0.05) is 13.8 Å². The topological polar surface area (TPSA) is 167 Å². The smallest absolute Gasteiger partial charge is 0.229 e. The lowest BCUT2D eigenvalue weighted by Gasteiger charge is -2.06. The standard InChI is InChI=1S/C14H14BrNO5S.C13H12BrNO3/c1-4-11(18)13-8-5-9(15)10(16-22(3,19)20)6-12(8)21-14(13)7(2)17;1-3-10(17)12-7-4-8(14)9(15)5-11(7)18-13(12)6(2)16/h5-6,16H,4H2,1-3H3;4-5H,3,15H2,1-2H3. The number of fused-ring (bicyclic) bond motifs is 2. The fraction of sp³-hybridized carbons (Fsp3) is 0.259. The van der Waals surface area contributed by atoms with Crippen LogP contribution in [0.1, 0.15) is 82.4 Å². The van der Waals surface area contributed by atoms with E-state index in [1.54, 1.807) is 32.0 Å². The van der Waals surface area contributed by atoms with E-state index in [0.717, 1.165) is 6.26 Å². The number of nitrogens with one attached hydrogen (secondary N) is 1. The molecule has 4 aromatic rings. The largest absolute Gasteiger partial charge is 0.452 e. The number of carbonyl (C=O) groups is 4. The molecule has 0 spiro atoms. The van der Waals surface area contributed by atoms with Gasteiger partial charge >= 0.3 is 0 Å². The Balaban J connectivity index is 0.000000225. The first kappa shape index (κ1) is 31.2. The number of anilines is 2. The van der Waals surface area contributed by atoms with E-state index in [1.165, 1.54) is 19.9 Å². The van der Waals surface area contributed by atoms with Crippen molar-refractivity contribution in [3.63, 3.8) is 0 Å². The second-order valence-electron chi connectivity index (χ2n) is 8.85. The van der Waals surface area contributed by atoms with Crippen molar-refractivity contribution in [1.29, 1.82) is 0 Å². The SMILES string of the molecule is CCC(=O)c1c(C(C)=O)oc2cc(N)c(Br)cc12.CCC(=O)c1c(C(C)=O)oc2cc(NS(C)(=O)=O)c(Br)cc12. The van der Waals surface area contributed by atoms with Crippen LogP contribution in [0.2, 0.25) is 0 Å². The van der Waals surface area contributed by atoms with E-state index in [9.17, 15) is 27.6 Å². The summed E-state index contributed by atoms with van der Waals surface area (Å²) in [4.78, 5) is 47.3. The quantitative estimate of drug-likeness (QED) is 0.146. The Morgan fingerprint density at radius 1 is 0.800 bits per heavy atom. The zero-order chi connectivity index (χ0) is 30.1. The number of ketones is 4. The number of rotatable bonds is 8. The predicted octanol–water partition coefficient (Wildman–Crippen LogP) is 6.93. The molecule has 40 heavy (non-hydrogen) atoms. The summed E-state index contributed by atoms with van der Waals surface area (Å²) in [6.45, 7) is 6.13.